The van der Waals surface area contributed by atoms with Crippen molar-refractivity contribution in [3.05, 3.63) is 23.8 Å². The van der Waals surface area contributed by atoms with Crippen LogP contribution in [0.1, 0.15) is 11.6 Å². The van der Waals surface area contributed by atoms with E-state index in [9.17, 15) is 8.78 Å². The average Bonchev–Trinajstić information content (AvgIpc) is 2.36. The first-order valence-electron chi connectivity index (χ1n) is 4.93. The van der Waals surface area contributed by atoms with Gasteiger partial charge in [0.05, 0.1) is 14.2 Å². The summed E-state index contributed by atoms with van der Waals surface area (Å²) in [5.74, 6) is -2.95. The molecule has 0 radical (unpaired) electrons. The van der Waals surface area contributed by atoms with Crippen LogP contribution in [0.15, 0.2) is 18.2 Å². The van der Waals surface area contributed by atoms with Crippen LogP contribution in [0.25, 0.3) is 0 Å². The van der Waals surface area contributed by atoms with Crippen LogP contribution < -0.4 is 15.2 Å². The Hall–Kier alpha value is -1.11. The number of aliphatic hydroxyl groups excluding tert-OH is 1. The Morgan fingerprint density at radius 1 is 1.33 bits per heavy atom. The molecule has 1 aromatic rings. The lowest BCUT2D eigenvalue weighted by Gasteiger charge is -2.24. The molecule has 18 heavy (non-hydrogen) atoms. The van der Waals surface area contributed by atoms with E-state index in [0.29, 0.717) is 5.75 Å². The zero-order chi connectivity index (χ0) is 13.1. The second-order valence-electron chi connectivity index (χ2n) is 3.48. The fourth-order valence-corrected chi connectivity index (χ4v) is 1.48. The molecule has 0 aliphatic carbocycles. The number of methoxy groups -OCH3 is 2. The van der Waals surface area contributed by atoms with E-state index in [4.69, 9.17) is 20.3 Å². The topological polar surface area (TPSA) is 64.7 Å². The van der Waals surface area contributed by atoms with Gasteiger partial charge in [-0.3, -0.25) is 0 Å². The molecule has 0 unspecified atom stereocenters. The Balaban J connectivity index is 0.00000289. The largest absolute Gasteiger partial charge is 0.493 e. The number of hydrogen-bond donors (Lipinski definition) is 2. The smallest absolute Gasteiger partial charge is 0.289 e. The van der Waals surface area contributed by atoms with E-state index in [0.717, 1.165) is 0 Å². The van der Waals surface area contributed by atoms with Gasteiger partial charge in [-0.25, -0.2) is 8.78 Å². The van der Waals surface area contributed by atoms with Crippen molar-refractivity contribution >= 4 is 12.4 Å². The van der Waals surface area contributed by atoms with Gasteiger partial charge in [0.25, 0.3) is 5.92 Å². The highest BCUT2D eigenvalue weighted by Crippen LogP contribution is 2.39. The van der Waals surface area contributed by atoms with E-state index < -0.39 is 18.6 Å². The second kappa shape index (κ2) is 6.72. The average molecular weight is 284 g/mol. The molecule has 0 saturated carbocycles. The molecule has 7 heteroatoms. The van der Waals surface area contributed by atoms with Crippen molar-refractivity contribution < 1.29 is 23.4 Å². The fraction of sp³-hybridized carbons (Fsp3) is 0.455. The molecule has 0 aromatic heterocycles. The Morgan fingerprint density at radius 2 is 1.94 bits per heavy atom. The van der Waals surface area contributed by atoms with Gasteiger partial charge in [-0.2, -0.15) is 0 Å². The van der Waals surface area contributed by atoms with E-state index in [2.05, 4.69) is 0 Å². The highest BCUT2D eigenvalue weighted by molar-refractivity contribution is 5.85. The summed E-state index contributed by atoms with van der Waals surface area (Å²) in [5.41, 5.74) is 5.53. The van der Waals surface area contributed by atoms with Gasteiger partial charge < -0.3 is 20.3 Å². The lowest BCUT2D eigenvalue weighted by molar-refractivity contribution is -0.0716. The normalized spacial score (nSPS) is 12.6. The van der Waals surface area contributed by atoms with E-state index in [1.54, 1.807) is 6.07 Å². The quantitative estimate of drug-likeness (QED) is 0.864. The van der Waals surface area contributed by atoms with Gasteiger partial charge in [0.2, 0.25) is 0 Å². The lowest BCUT2D eigenvalue weighted by Crippen LogP contribution is -2.36. The maximum atomic E-state index is 13.3. The Labute approximate surface area is 110 Å². The predicted octanol–water partition coefficient (Wildman–Crippen LogP) is 1.75. The maximum Gasteiger partial charge on any atom is 0.289 e. The number of ether oxygens (including phenoxy) is 2. The van der Waals surface area contributed by atoms with Gasteiger partial charge in [-0.15, -0.1) is 12.4 Å². The molecule has 0 heterocycles. The third-order valence-electron chi connectivity index (χ3n) is 2.43. The third-order valence-corrected chi connectivity index (χ3v) is 2.43. The van der Waals surface area contributed by atoms with Gasteiger partial charge in [0.15, 0.2) is 11.5 Å². The summed E-state index contributed by atoms with van der Waals surface area (Å²) >= 11 is 0. The number of rotatable bonds is 5. The molecule has 0 spiro atoms. The van der Waals surface area contributed by atoms with Crippen LogP contribution in [0.5, 0.6) is 11.5 Å². The summed E-state index contributed by atoms with van der Waals surface area (Å²) < 4.78 is 36.6. The second-order valence-corrected chi connectivity index (χ2v) is 3.48. The summed E-state index contributed by atoms with van der Waals surface area (Å²) in [6.45, 7) is -1.32. The number of alkyl halides is 2. The molecule has 0 aliphatic heterocycles. The van der Waals surface area contributed by atoms with Crippen molar-refractivity contribution in [2.24, 2.45) is 5.73 Å². The first-order valence-corrected chi connectivity index (χ1v) is 4.93. The minimum Gasteiger partial charge on any atom is -0.493 e. The van der Waals surface area contributed by atoms with E-state index >= 15 is 0 Å². The first-order chi connectivity index (χ1) is 7.97. The minimum absolute atomic E-state index is 0. The van der Waals surface area contributed by atoms with Gasteiger partial charge >= 0.3 is 0 Å². The third kappa shape index (κ3) is 3.22. The molecule has 0 amide bonds. The number of hydrogen-bond acceptors (Lipinski definition) is 4. The summed E-state index contributed by atoms with van der Waals surface area (Å²) in [5, 5.41) is 8.61. The molecule has 1 rings (SSSR count). The summed E-state index contributed by atoms with van der Waals surface area (Å²) in [6.07, 6.45) is 0. The molecular formula is C11H16ClF2NO3. The van der Waals surface area contributed by atoms with Crippen molar-refractivity contribution in [3.63, 3.8) is 0 Å². The summed E-state index contributed by atoms with van der Waals surface area (Å²) in [6, 6.07) is 2.86. The molecule has 0 aliphatic rings. The van der Waals surface area contributed by atoms with Crippen LogP contribution in [0.2, 0.25) is 0 Å². The van der Waals surface area contributed by atoms with Crippen LogP contribution in [-0.2, 0) is 0 Å². The van der Waals surface area contributed by atoms with E-state index in [1.807, 2.05) is 0 Å². The van der Waals surface area contributed by atoms with Gasteiger partial charge in [-0.05, 0) is 6.07 Å². The lowest BCUT2D eigenvalue weighted by atomic mass is 10.0. The first kappa shape index (κ1) is 16.9. The molecule has 4 nitrogen and oxygen atoms in total. The van der Waals surface area contributed by atoms with Crippen LogP contribution in [0.3, 0.4) is 0 Å². The van der Waals surface area contributed by atoms with Gasteiger partial charge in [-0.1, -0.05) is 12.1 Å². The molecule has 0 bridgehead atoms. The summed E-state index contributed by atoms with van der Waals surface area (Å²) in [4.78, 5) is 0. The fourth-order valence-electron chi connectivity index (χ4n) is 1.48. The van der Waals surface area contributed by atoms with Crippen molar-refractivity contribution in [1.29, 1.82) is 0 Å². The molecule has 0 fully saturated rings. The molecule has 3 N–H and O–H groups in total. The van der Waals surface area contributed by atoms with Gasteiger partial charge in [0.1, 0.15) is 12.6 Å². The zero-order valence-electron chi connectivity index (χ0n) is 10.0. The maximum absolute atomic E-state index is 13.3. The number of para-hydroxylation sites is 1. The predicted molar refractivity (Wildman–Crippen MR) is 65.8 cm³/mol. The zero-order valence-corrected chi connectivity index (χ0v) is 10.8. The highest BCUT2D eigenvalue weighted by atomic mass is 35.5. The monoisotopic (exact) mass is 283 g/mol. The standard InChI is InChI=1S/C11H15F2NO3.ClH/c1-16-8-5-3-4-7(9(8)17-2)10(14)11(12,13)6-15;/h3-5,10,15H,6,14H2,1-2H3;1H/t10-;/m0./s1. The molecule has 1 aromatic carbocycles. The SMILES string of the molecule is COc1cccc([C@H](N)C(F)(F)CO)c1OC.Cl. The van der Waals surface area contributed by atoms with Crippen LogP contribution in [0, 0.1) is 0 Å². The van der Waals surface area contributed by atoms with Crippen LogP contribution in [-0.4, -0.2) is 31.9 Å². The van der Waals surface area contributed by atoms with Crippen molar-refractivity contribution in [1.82, 2.24) is 0 Å². The van der Waals surface area contributed by atoms with Crippen LogP contribution in [0.4, 0.5) is 8.78 Å². The number of nitrogens with two attached hydrogens (primary N) is 1. The van der Waals surface area contributed by atoms with Crippen molar-refractivity contribution in [3.8, 4) is 11.5 Å². The number of benzene rings is 1. The Bertz CT molecular complexity index is 391. The highest BCUT2D eigenvalue weighted by Gasteiger charge is 2.39. The van der Waals surface area contributed by atoms with E-state index in [-0.39, 0.29) is 23.7 Å². The Morgan fingerprint density at radius 3 is 2.39 bits per heavy atom. The molecule has 104 valence electrons. The van der Waals surface area contributed by atoms with Crippen LogP contribution >= 0.6 is 12.4 Å². The van der Waals surface area contributed by atoms with Crippen molar-refractivity contribution in [2.45, 2.75) is 12.0 Å². The number of aliphatic hydroxyl groups is 1. The minimum atomic E-state index is -3.42. The number of halogens is 3. The molecular weight excluding hydrogens is 268 g/mol. The van der Waals surface area contributed by atoms with E-state index in [1.165, 1.54) is 26.4 Å². The summed E-state index contributed by atoms with van der Waals surface area (Å²) in [7, 11) is 2.74. The molecule has 0 saturated heterocycles. The Kier molecular flexibility index (Phi) is 6.31. The van der Waals surface area contributed by atoms with Gasteiger partial charge in [0, 0.05) is 5.56 Å². The molecule has 1 atom stereocenters. The van der Waals surface area contributed by atoms with Crippen molar-refractivity contribution in [2.75, 3.05) is 20.8 Å².